The molecule has 8 nitrogen and oxygen atoms in total. The van der Waals surface area contributed by atoms with Gasteiger partial charge in [0.15, 0.2) is 11.2 Å². The Hall–Kier alpha value is -3.65. The Balaban J connectivity index is 1.85. The standard InChI is InChI=1S/C22H21ClN6O2/c1-14-8-4-5-10-16(14)13-29-18-19(27(2)22(31)28(3)20(18)30)25-21(29)26-24-12-15-9-6-7-11-17(15)23/h4-12H,13H2,1-3H3,(H,25,26)/b24-12-. The molecule has 0 unspecified atom stereocenters. The first-order valence-corrected chi connectivity index (χ1v) is 10.0. The van der Waals surface area contributed by atoms with Crippen LogP contribution in [0.4, 0.5) is 5.95 Å². The molecule has 158 valence electrons. The number of nitrogens with zero attached hydrogens (tertiary/aromatic N) is 5. The summed E-state index contributed by atoms with van der Waals surface area (Å²) in [4.78, 5) is 29.8. The van der Waals surface area contributed by atoms with Crippen LogP contribution in [0.25, 0.3) is 11.2 Å². The first kappa shape index (κ1) is 20.6. The van der Waals surface area contributed by atoms with E-state index < -0.39 is 11.2 Å². The molecule has 4 rings (SSSR count). The van der Waals surface area contributed by atoms with Gasteiger partial charge in [0.2, 0.25) is 5.95 Å². The Labute approximate surface area is 183 Å². The van der Waals surface area contributed by atoms with E-state index in [0.29, 0.717) is 23.0 Å². The molecule has 2 aromatic carbocycles. The summed E-state index contributed by atoms with van der Waals surface area (Å²) in [5.74, 6) is 0.347. The number of nitrogens with one attached hydrogen (secondary N) is 1. The number of benzene rings is 2. The van der Waals surface area contributed by atoms with Gasteiger partial charge in [-0.1, -0.05) is 54.1 Å². The monoisotopic (exact) mass is 436 g/mol. The summed E-state index contributed by atoms with van der Waals surface area (Å²) in [6.45, 7) is 2.39. The van der Waals surface area contributed by atoms with Gasteiger partial charge in [-0.15, -0.1) is 0 Å². The molecule has 0 bridgehead atoms. The lowest BCUT2D eigenvalue weighted by molar-refractivity contribution is 0.702. The summed E-state index contributed by atoms with van der Waals surface area (Å²) in [6, 6.07) is 15.2. The maximum Gasteiger partial charge on any atom is 0.332 e. The van der Waals surface area contributed by atoms with Gasteiger partial charge in [-0.3, -0.25) is 18.5 Å². The molecule has 2 aromatic heterocycles. The van der Waals surface area contributed by atoms with E-state index in [1.54, 1.807) is 23.9 Å². The zero-order valence-electron chi connectivity index (χ0n) is 17.3. The molecule has 0 saturated carbocycles. The van der Waals surface area contributed by atoms with Gasteiger partial charge in [0.1, 0.15) is 0 Å². The predicted octanol–water partition coefficient (Wildman–Crippen LogP) is 2.89. The van der Waals surface area contributed by atoms with Crippen LogP contribution in [0.5, 0.6) is 0 Å². The molecule has 1 N–H and O–H groups in total. The summed E-state index contributed by atoms with van der Waals surface area (Å²) in [7, 11) is 3.05. The number of hydrogen-bond acceptors (Lipinski definition) is 5. The van der Waals surface area contributed by atoms with Crippen molar-refractivity contribution in [2.45, 2.75) is 13.5 Å². The molecule has 0 aliphatic carbocycles. The molecule has 4 aromatic rings. The fourth-order valence-corrected chi connectivity index (χ4v) is 3.57. The van der Waals surface area contributed by atoms with Crippen molar-refractivity contribution in [2.24, 2.45) is 19.2 Å². The van der Waals surface area contributed by atoms with Crippen LogP contribution in [-0.4, -0.2) is 24.9 Å². The second kappa shape index (κ2) is 8.23. The lowest BCUT2D eigenvalue weighted by atomic mass is 10.1. The van der Waals surface area contributed by atoms with Crippen molar-refractivity contribution in [1.29, 1.82) is 0 Å². The Morgan fingerprint density at radius 3 is 2.52 bits per heavy atom. The first-order valence-electron chi connectivity index (χ1n) is 9.63. The minimum absolute atomic E-state index is 0.289. The number of hydrogen-bond donors (Lipinski definition) is 1. The fourth-order valence-electron chi connectivity index (χ4n) is 3.38. The van der Waals surface area contributed by atoms with E-state index in [0.717, 1.165) is 21.3 Å². The van der Waals surface area contributed by atoms with Gasteiger partial charge < -0.3 is 0 Å². The van der Waals surface area contributed by atoms with E-state index in [-0.39, 0.29) is 5.65 Å². The number of rotatable bonds is 5. The smallest absolute Gasteiger partial charge is 0.298 e. The quantitative estimate of drug-likeness (QED) is 0.385. The maximum atomic E-state index is 13.0. The Morgan fingerprint density at radius 2 is 1.77 bits per heavy atom. The average Bonchev–Trinajstić information content (AvgIpc) is 3.12. The van der Waals surface area contributed by atoms with E-state index in [1.807, 2.05) is 49.4 Å². The molecular formula is C22H21ClN6O2. The number of aromatic nitrogens is 4. The largest absolute Gasteiger partial charge is 0.332 e. The highest BCUT2D eigenvalue weighted by Gasteiger charge is 2.19. The topological polar surface area (TPSA) is 86.2 Å². The van der Waals surface area contributed by atoms with Crippen molar-refractivity contribution in [3.8, 4) is 0 Å². The second-order valence-corrected chi connectivity index (χ2v) is 7.62. The zero-order chi connectivity index (χ0) is 22.1. The van der Waals surface area contributed by atoms with E-state index in [1.165, 1.54) is 11.6 Å². The third kappa shape index (κ3) is 3.77. The highest BCUT2D eigenvalue weighted by Crippen LogP contribution is 2.20. The maximum absolute atomic E-state index is 13.0. The van der Waals surface area contributed by atoms with Crippen LogP contribution in [0.15, 0.2) is 63.2 Å². The molecule has 0 aliphatic heterocycles. The number of anilines is 1. The minimum Gasteiger partial charge on any atom is -0.298 e. The molecule has 31 heavy (non-hydrogen) atoms. The lowest BCUT2D eigenvalue weighted by Crippen LogP contribution is -2.37. The van der Waals surface area contributed by atoms with Crippen molar-refractivity contribution in [2.75, 3.05) is 5.43 Å². The van der Waals surface area contributed by atoms with Crippen LogP contribution in [0, 0.1) is 6.92 Å². The third-order valence-electron chi connectivity index (χ3n) is 5.21. The SMILES string of the molecule is Cc1ccccc1Cn1c(N/N=C\c2ccccc2Cl)nc2c1c(=O)n(C)c(=O)n2C. The van der Waals surface area contributed by atoms with E-state index in [4.69, 9.17) is 11.6 Å². The van der Waals surface area contributed by atoms with Crippen LogP contribution in [-0.2, 0) is 20.6 Å². The Morgan fingerprint density at radius 1 is 1.06 bits per heavy atom. The highest BCUT2D eigenvalue weighted by molar-refractivity contribution is 6.33. The molecule has 0 fully saturated rings. The first-order chi connectivity index (χ1) is 14.9. The van der Waals surface area contributed by atoms with Gasteiger partial charge in [-0.25, -0.2) is 10.2 Å². The highest BCUT2D eigenvalue weighted by atomic mass is 35.5. The summed E-state index contributed by atoms with van der Waals surface area (Å²) in [6.07, 6.45) is 1.58. The van der Waals surface area contributed by atoms with Crippen LogP contribution in [0.3, 0.4) is 0 Å². The molecule has 0 saturated heterocycles. The normalized spacial score (nSPS) is 11.5. The van der Waals surface area contributed by atoms with E-state index in [9.17, 15) is 9.59 Å². The van der Waals surface area contributed by atoms with Crippen molar-refractivity contribution in [3.63, 3.8) is 0 Å². The van der Waals surface area contributed by atoms with Crippen LogP contribution >= 0.6 is 11.6 Å². The number of fused-ring (bicyclic) bond motifs is 1. The van der Waals surface area contributed by atoms with Gasteiger partial charge in [0, 0.05) is 24.7 Å². The molecule has 0 atom stereocenters. The Kier molecular flexibility index (Phi) is 5.48. The molecule has 0 spiro atoms. The minimum atomic E-state index is -0.441. The lowest BCUT2D eigenvalue weighted by Gasteiger charge is -2.11. The second-order valence-electron chi connectivity index (χ2n) is 7.22. The Bertz CT molecular complexity index is 1430. The van der Waals surface area contributed by atoms with Gasteiger partial charge in [-0.2, -0.15) is 10.1 Å². The number of imidazole rings is 1. The molecular weight excluding hydrogens is 416 g/mol. The molecule has 2 heterocycles. The van der Waals surface area contributed by atoms with Crippen molar-refractivity contribution >= 4 is 34.9 Å². The van der Waals surface area contributed by atoms with Crippen LogP contribution in [0.2, 0.25) is 5.02 Å². The molecule has 0 amide bonds. The van der Waals surface area contributed by atoms with Gasteiger partial charge in [-0.05, 0) is 24.1 Å². The van der Waals surface area contributed by atoms with Gasteiger partial charge >= 0.3 is 5.69 Å². The van der Waals surface area contributed by atoms with Gasteiger partial charge in [0.25, 0.3) is 5.56 Å². The fraction of sp³-hybridized carbons (Fsp3) is 0.182. The number of hydrazone groups is 1. The average molecular weight is 437 g/mol. The molecule has 0 radical (unpaired) electrons. The molecule has 0 aliphatic rings. The predicted molar refractivity (Wildman–Crippen MR) is 123 cm³/mol. The number of aryl methyl sites for hydroxylation is 2. The summed E-state index contributed by atoms with van der Waals surface area (Å²) in [5.41, 5.74) is 5.51. The third-order valence-corrected chi connectivity index (χ3v) is 5.56. The van der Waals surface area contributed by atoms with Crippen LogP contribution < -0.4 is 16.7 Å². The van der Waals surface area contributed by atoms with E-state index >= 15 is 0 Å². The van der Waals surface area contributed by atoms with Crippen molar-refractivity contribution < 1.29 is 0 Å². The van der Waals surface area contributed by atoms with E-state index in [2.05, 4.69) is 15.5 Å². The summed E-state index contributed by atoms with van der Waals surface area (Å²) < 4.78 is 4.17. The number of halogens is 1. The summed E-state index contributed by atoms with van der Waals surface area (Å²) in [5, 5.41) is 4.83. The zero-order valence-corrected chi connectivity index (χ0v) is 18.1. The summed E-state index contributed by atoms with van der Waals surface area (Å²) >= 11 is 6.18. The van der Waals surface area contributed by atoms with Crippen LogP contribution in [0.1, 0.15) is 16.7 Å². The van der Waals surface area contributed by atoms with Gasteiger partial charge in [0.05, 0.1) is 12.8 Å². The van der Waals surface area contributed by atoms with Crippen molar-refractivity contribution in [3.05, 3.63) is 91.1 Å². The molecule has 9 heteroatoms. The van der Waals surface area contributed by atoms with Crippen molar-refractivity contribution in [1.82, 2.24) is 18.7 Å².